The van der Waals surface area contributed by atoms with E-state index in [9.17, 15) is 17.6 Å². The molecule has 4 aromatic rings. The van der Waals surface area contributed by atoms with Gasteiger partial charge in [-0.2, -0.15) is 0 Å². The van der Waals surface area contributed by atoms with Crippen molar-refractivity contribution in [3.8, 4) is 0 Å². The molecule has 0 unspecified atom stereocenters. The molecule has 0 bridgehead atoms. The van der Waals surface area contributed by atoms with E-state index in [1.54, 1.807) is 30.5 Å². The molecule has 0 aliphatic carbocycles. The molecule has 0 saturated heterocycles. The minimum Gasteiger partial charge on any atom is -0.348 e. The van der Waals surface area contributed by atoms with Crippen molar-refractivity contribution in [1.82, 2.24) is 15.0 Å². The van der Waals surface area contributed by atoms with Gasteiger partial charge in [0.05, 0.1) is 16.0 Å². The quantitative estimate of drug-likeness (QED) is 0.449. The van der Waals surface area contributed by atoms with Crippen molar-refractivity contribution in [1.29, 1.82) is 0 Å². The third-order valence-corrected chi connectivity index (χ3v) is 6.31. The van der Waals surface area contributed by atoms with E-state index in [0.717, 1.165) is 10.9 Å². The highest BCUT2D eigenvalue weighted by Crippen LogP contribution is 2.17. The summed E-state index contributed by atoms with van der Waals surface area (Å²) in [5.41, 5.74) is 2.36. The second kappa shape index (κ2) is 9.25. The molecule has 0 radical (unpaired) electrons. The number of hydrogen-bond acceptors (Lipinski definition) is 4. The van der Waals surface area contributed by atoms with Gasteiger partial charge in [-0.25, -0.2) is 17.5 Å². The van der Waals surface area contributed by atoms with Gasteiger partial charge in [-0.1, -0.05) is 42.5 Å². The molecule has 0 aliphatic rings. The van der Waals surface area contributed by atoms with Crippen molar-refractivity contribution in [2.75, 3.05) is 0 Å². The van der Waals surface area contributed by atoms with E-state index in [0.29, 0.717) is 16.7 Å². The molecular formula is C24H20FN3O3S. The number of fused-ring (bicyclic) bond motifs is 1. The van der Waals surface area contributed by atoms with Crippen molar-refractivity contribution < 1.29 is 17.6 Å². The number of rotatable bonds is 7. The van der Waals surface area contributed by atoms with Gasteiger partial charge in [-0.05, 0) is 47.5 Å². The lowest BCUT2D eigenvalue weighted by Crippen LogP contribution is -2.25. The van der Waals surface area contributed by atoms with E-state index in [1.807, 2.05) is 24.3 Å². The lowest BCUT2D eigenvalue weighted by molar-refractivity contribution is 0.0952. The molecule has 0 fully saturated rings. The third kappa shape index (κ3) is 4.99. The molecule has 162 valence electrons. The van der Waals surface area contributed by atoms with Crippen LogP contribution in [0, 0.1) is 5.82 Å². The van der Waals surface area contributed by atoms with Crippen LogP contribution in [-0.4, -0.2) is 19.3 Å². The summed E-state index contributed by atoms with van der Waals surface area (Å²) in [6, 6.07) is 21.0. The minimum absolute atomic E-state index is 0.0316. The first-order valence-corrected chi connectivity index (χ1v) is 11.4. The average Bonchev–Trinajstić information content (AvgIpc) is 2.81. The Hall–Kier alpha value is -3.62. The van der Waals surface area contributed by atoms with Gasteiger partial charge < -0.3 is 5.32 Å². The van der Waals surface area contributed by atoms with Crippen LogP contribution in [0.4, 0.5) is 4.39 Å². The summed E-state index contributed by atoms with van der Waals surface area (Å²) in [4.78, 5) is 17.0. The number of sulfonamides is 1. The maximum Gasteiger partial charge on any atom is 0.252 e. The molecule has 1 amide bonds. The van der Waals surface area contributed by atoms with Gasteiger partial charge in [0.2, 0.25) is 10.0 Å². The van der Waals surface area contributed by atoms with E-state index >= 15 is 0 Å². The summed E-state index contributed by atoms with van der Waals surface area (Å²) in [5.74, 6) is -0.706. The highest BCUT2D eigenvalue weighted by Gasteiger charge is 2.15. The molecule has 0 saturated carbocycles. The Labute approximate surface area is 185 Å². The van der Waals surface area contributed by atoms with Crippen LogP contribution in [0.1, 0.15) is 21.5 Å². The lowest BCUT2D eigenvalue weighted by atomic mass is 10.1. The fraction of sp³-hybridized carbons (Fsp3) is 0.0833. The Morgan fingerprint density at radius 3 is 2.44 bits per heavy atom. The van der Waals surface area contributed by atoms with Crippen LogP contribution in [0.3, 0.4) is 0 Å². The van der Waals surface area contributed by atoms with Crippen LogP contribution < -0.4 is 10.0 Å². The summed E-state index contributed by atoms with van der Waals surface area (Å²) >= 11 is 0. The Bertz CT molecular complexity index is 1380. The normalized spacial score (nSPS) is 11.4. The van der Waals surface area contributed by atoms with Crippen LogP contribution in [-0.2, 0) is 23.1 Å². The van der Waals surface area contributed by atoms with Crippen LogP contribution in [0.2, 0.25) is 0 Å². The van der Waals surface area contributed by atoms with Gasteiger partial charge in [-0.3, -0.25) is 9.78 Å². The molecule has 32 heavy (non-hydrogen) atoms. The fourth-order valence-corrected chi connectivity index (χ4v) is 4.39. The van der Waals surface area contributed by atoms with Crippen LogP contribution in [0.15, 0.2) is 90.0 Å². The zero-order chi connectivity index (χ0) is 22.6. The number of halogens is 1. The van der Waals surface area contributed by atoms with Crippen molar-refractivity contribution in [3.63, 3.8) is 0 Å². The van der Waals surface area contributed by atoms with E-state index in [4.69, 9.17) is 0 Å². The number of amides is 1. The van der Waals surface area contributed by atoms with Crippen molar-refractivity contribution in [3.05, 3.63) is 108 Å². The predicted octanol–water partition coefficient (Wildman–Crippen LogP) is 3.78. The summed E-state index contributed by atoms with van der Waals surface area (Å²) in [7, 11) is -3.81. The monoisotopic (exact) mass is 449 g/mol. The van der Waals surface area contributed by atoms with Crippen molar-refractivity contribution in [2.24, 2.45) is 0 Å². The zero-order valence-corrected chi connectivity index (χ0v) is 17.8. The second-order valence-electron chi connectivity index (χ2n) is 7.16. The minimum atomic E-state index is -3.81. The van der Waals surface area contributed by atoms with Gasteiger partial charge in [0.25, 0.3) is 5.91 Å². The Balaban J connectivity index is 1.45. The molecule has 0 aliphatic heterocycles. The highest BCUT2D eigenvalue weighted by atomic mass is 32.2. The molecular weight excluding hydrogens is 429 g/mol. The molecule has 2 N–H and O–H groups in total. The fourth-order valence-electron chi connectivity index (χ4n) is 3.30. The zero-order valence-electron chi connectivity index (χ0n) is 17.0. The molecule has 4 rings (SSSR count). The summed E-state index contributed by atoms with van der Waals surface area (Å²) in [6.45, 7) is 0.124. The lowest BCUT2D eigenvalue weighted by Gasteiger charge is -2.10. The number of carbonyl (C=O) groups is 1. The predicted molar refractivity (Wildman–Crippen MR) is 120 cm³/mol. The number of para-hydroxylation sites is 1. The third-order valence-electron chi connectivity index (χ3n) is 4.91. The smallest absolute Gasteiger partial charge is 0.252 e. The maximum atomic E-state index is 13.3. The van der Waals surface area contributed by atoms with Gasteiger partial charge >= 0.3 is 0 Å². The number of aromatic nitrogens is 1. The summed E-state index contributed by atoms with van der Waals surface area (Å²) in [5, 5.41) is 3.57. The van der Waals surface area contributed by atoms with Crippen molar-refractivity contribution in [2.45, 2.75) is 18.0 Å². The molecule has 0 atom stereocenters. The van der Waals surface area contributed by atoms with Crippen LogP contribution >= 0.6 is 0 Å². The van der Waals surface area contributed by atoms with Crippen molar-refractivity contribution >= 4 is 26.8 Å². The molecule has 3 aromatic carbocycles. The highest BCUT2D eigenvalue weighted by molar-refractivity contribution is 7.89. The van der Waals surface area contributed by atoms with E-state index in [-0.39, 0.29) is 23.9 Å². The first kappa shape index (κ1) is 21.6. The van der Waals surface area contributed by atoms with Gasteiger partial charge in [-0.15, -0.1) is 0 Å². The number of nitrogens with zero attached hydrogens (tertiary/aromatic N) is 1. The van der Waals surface area contributed by atoms with Gasteiger partial charge in [0.15, 0.2) is 0 Å². The number of hydrogen-bond donors (Lipinski definition) is 2. The first-order valence-electron chi connectivity index (χ1n) is 9.87. The topological polar surface area (TPSA) is 88.2 Å². The molecule has 1 aromatic heterocycles. The molecule has 1 heterocycles. The standard InChI is InChI=1S/C24H20FN3O3S/c25-19-7-3-5-17(13-19)16-28-32(30,31)20-8-4-6-18(14-20)15-27-24(29)22-11-12-26-23-10-2-1-9-21(22)23/h1-14,28H,15-16H2,(H,27,29). The van der Waals surface area contributed by atoms with Gasteiger partial charge in [0, 0.05) is 24.7 Å². The first-order chi connectivity index (χ1) is 15.4. The van der Waals surface area contributed by atoms with E-state index < -0.39 is 15.8 Å². The molecule has 0 spiro atoms. The number of pyridine rings is 1. The average molecular weight is 450 g/mol. The molecule has 6 nitrogen and oxygen atoms in total. The largest absolute Gasteiger partial charge is 0.348 e. The number of nitrogens with one attached hydrogen (secondary N) is 2. The van der Waals surface area contributed by atoms with Gasteiger partial charge in [0.1, 0.15) is 5.82 Å². The summed E-state index contributed by atoms with van der Waals surface area (Å²) in [6.07, 6.45) is 1.58. The molecule has 8 heteroatoms. The van der Waals surface area contributed by atoms with Crippen LogP contribution in [0.25, 0.3) is 10.9 Å². The maximum absolute atomic E-state index is 13.3. The number of benzene rings is 3. The SMILES string of the molecule is O=C(NCc1cccc(S(=O)(=O)NCc2cccc(F)c2)c1)c1ccnc2ccccc12. The Kier molecular flexibility index (Phi) is 6.25. The summed E-state index contributed by atoms with van der Waals surface area (Å²) < 4.78 is 41.1. The second-order valence-corrected chi connectivity index (χ2v) is 8.93. The van der Waals surface area contributed by atoms with Crippen LogP contribution in [0.5, 0.6) is 0 Å². The van der Waals surface area contributed by atoms with E-state index in [2.05, 4.69) is 15.0 Å². The number of carbonyl (C=O) groups excluding carboxylic acids is 1. The van der Waals surface area contributed by atoms with E-state index in [1.165, 1.54) is 30.3 Å². The Morgan fingerprint density at radius 1 is 0.875 bits per heavy atom. The Morgan fingerprint density at radius 2 is 1.62 bits per heavy atom.